The maximum Gasteiger partial charge on any atom is 0.320 e. The number of carbonyl (C=O) groups is 1. The molecule has 160 valence electrons. The van der Waals surface area contributed by atoms with Gasteiger partial charge in [0.2, 0.25) is 5.91 Å². The van der Waals surface area contributed by atoms with Gasteiger partial charge in [0.15, 0.2) is 11.6 Å². The molecule has 1 aromatic carbocycles. The normalized spacial score (nSPS) is 17.9. The molecule has 3 N–H and O–H groups in total. The Morgan fingerprint density at radius 2 is 2.07 bits per heavy atom. The largest absolute Gasteiger partial charge is 0.463 e. The first-order valence-electron chi connectivity index (χ1n) is 11.6. The van der Waals surface area contributed by atoms with Gasteiger partial charge in [0.1, 0.15) is 5.69 Å². The number of ether oxygens (including phenoxy) is 1. The topological polar surface area (TPSA) is 96.6 Å². The summed E-state index contributed by atoms with van der Waals surface area (Å²) in [6.45, 7) is 3.21. The predicted octanol–water partition coefficient (Wildman–Crippen LogP) is 2.79. The van der Waals surface area contributed by atoms with E-state index in [1.165, 1.54) is 17.7 Å². The van der Waals surface area contributed by atoms with Crippen molar-refractivity contribution in [2.24, 2.45) is 0 Å². The smallest absolute Gasteiger partial charge is 0.320 e. The number of hydrogen-bond acceptors (Lipinski definition) is 7. The fraction of sp³-hybridized carbons (Fsp3) is 0.500. The van der Waals surface area contributed by atoms with Crippen LogP contribution in [0.15, 0.2) is 24.3 Å². The highest BCUT2D eigenvalue weighted by Gasteiger charge is 2.27. The van der Waals surface area contributed by atoms with Crippen LogP contribution >= 0.6 is 0 Å². The third-order valence-corrected chi connectivity index (χ3v) is 5.24. The summed E-state index contributed by atoms with van der Waals surface area (Å²) in [5, 5.41) is 2.68. The van der Waals surface area contributed by atoms with Crippen molar-refractivity contribution in [2.45, 2.75) is 45.6 Å². The van der Waals surface area contributed by atoms with Crippen molar-refractivity contribution >= 4 is 23.2 Å². The van der Waals surface area contributed by atoms with Crippen LogP contribution in [-0.4, -0.2) is 47.0 Å². The fourth-order valence-electron chi connectivity index (χ4n) is 3.72. The number of anilines is 3. The van der Waals surface area contributed by atoms with Crippen molar-refractivity contribution in [1.29, 1.82) is 0 Å². The minimum Gasteiger partial charge on any atom is -0.463 e. The van der Waals surface area contributed by atoms with E-state index in [0.29, 0.717) is 12.2 Å². The number of nitrogens with zero attached hydrogens (tertiary/aromatic N) is 4. The molecule has 0 spiro atoms. The molecule has 30 heavy (non-hydrogen) atoms. The molecule has 0 saturated carbocycles. The zero-order valence-corrected chi connectivity index (χ0v) is 17.4. The number of nitrogens with one attached hydrogen (secondary N) is 1. The van der Waals surface area contributed by atoms with E-state index in [1.54, 1.807) is 6.07 Å². The number of carbonyl (C=O) groups excluding carboxylic acids is 1. The van der Waals surface area contributed by atoms with Gasteiger partial charge in [-0.05, 0) is 43.5 Å². The first kappa shape index (κ1) is 17.9. The molecule has 1 aromatic heterocycles. The van der Waals surface area contributed by atoms with Crippen molar-refractivity contribution in [1.82, 2.24) is 14.9 Å². The van der Waals surface area contributed by atoms with Gasteiger partial charge in [-0.25, -0.2) is 0 Å². The molecule has 1 amide bonds. The van der Waals surface area contributed by atoms with Crippen molar-refractivity contribution in [3.8, 4) is 6.01 Å². The van der Waals surface area contributed by atoms with Crippen LogP contribution in [0.3, 0.4) is 0 Å². The summed E-state index contributed by atoms with van der Waals surface area (Å²) in [6.07, 6.45) is 4.19. The molecule has 0 atom stereocenters. The molecule has 1 saturated heterocycles. The highest BCUT2D eigenvalue weighted by Crippen LogP contribution is 2.34. The molecule has 2 aromatic rings. The number of hydrogen-bond donors (Lipinski definition) is 2. The number of benzene rings is 1. The molecule has 4 rings (SSSR count). The Morgan fingerprint density at radius 3 is 2.87 bits per heavy atom. The van der Waals surface area contributed by atoms with Crippen molar-refractivity contribution in [3.05, 3.63) is 35.4 Å². The van der Waals surface area contributed by atoms with E-state index in [-0.39, 0.29) is 35.8 Å². The van der Waals surface area contributed by atoms with Crippen LogP contribution in [0, 0.1) is 0 Å². The fourth-order valence-corrected chi connectivity index (χ4v) is 3.72. The van der Waals surface area contributed by atoms with E-state index >= 15 is 0 Å². The zero-order chi connectivity index (χ0) is 22.7. The second-order valence-electron chi connectivity index (χ2n) is 7.72. The minimum absolute atomic E-state index is 0.0538. The van der Waals surface area contributed by atoms with E-state index in [2.05, 4.69) is 27.1 Å². The van der Waals surface area contributed by atoms with Crippen molar-refractivity contribution in [3.63, 3.8) is 0 Å². The molecular weight excluding hydrogens is 380 g/mol. The SMILES string of the molecule is [2H]C([2H])(c1cccc(CN2CCCC2)c1)N1CC(=O)Nc2c(N)nc(OCCCC)nc21. The highest BCUT2D eigenvalue weighted by molar-refractivity contribution is 6.03. The molecular formula is C22H30N6O2. The molecule has 1 fully saturated rings. The van der Waals surface area contributed by atoms with E-state index in [1.807, 2.05) is 18.2 Å². The zero-order valence-electron chi connectivity index (χ0n) is 19.4. The van der Waals surface area contributed by atoms with Gasteiger partial charge in [-0.2, -0.15) is 9.97 Å². The van der Waals surface area contributed by atoms with Crippen LogP contribution in [0.25, 0.3) is 0 Å². The van der Waals surface area contributed by atoms with Crippen LogP contribution in [0.4, 0.5) is 17.3 Å². The summed E-state index contributed by atoms with van der Waals surface area (Å²) in [5.41, 5.74) is 7.78. The Labute approximate surface area is 180 Å². The van der Waals surface area contributed by atoms with Gasteiger partial charge in [-0.1, -0.05) is 37.6 Å². The van der Waals surface area contributed by atoms with Crippen LogP contribution in [0.5, 0.6) is 6.01 Å². The van der Waals surface area contributed by atoms with E-state index in [4.69, 9.17) is 13.2 Å². The van der Waals surface area contributed by atoms with Crippen LogP contribution in [0.2, 0.25) is 0 Å². The first-order chi connectivity index (χ1) is 15.4. The second-order valence-corrected chi connectivity index (χ2v) is 7.72. The lowest BCUT2D eigenvalue weighted by Gasteiger charge is -2.30. The number of nitrogens with two attached hydrogens (primary N) is 1. The lowest BCUT2D eigenvalue weighted by atomic mass is 10.1. The number of unbranched alkanes of at least 4 members (excludes halogenated alkanes) is 1. The standard InChI is InChI=1S/C22H30N6O2/c1-2-3-11-30-22-25-20(23)19-21(26-22)28(15-18(29)24-19)14-17-8-6-7-16(12-17)13-27-9-4-5-10-27/h6-8,12H,2-5,9-11,13-15H2,1H3,(H,24,29)(H2,23,25,26)/i14D2. The minimum atomic E-state index is -1.99. The molecule has 0 bridgehead atoms. The van der Waals surface area contributed by atoms with Gasteiger partial charge in [0.05, 0.1) is 15.9 Å². The third-order valence-electron chi connectivity index (χ3n) is 5.24. The quantitative estimate of drug-likeness (QED) is 0.644. The number of likely N-dealkylation sites (tertiary alicyclic amines) is 1. The number of amides is 1. The maximum atomic E-state index is 12.4. The number of rotatable bonds is 8. The highest BCUT2D eigenvalue weighted by atomic mass is 16.5. The number of nitrogen functional groups attached to an aromatic ring is 1. The summed E-state index contributed by atoms with van der Waals surface area (Å²) in [7, 11) is 0. The van der Waals surface area contributed by atoms with Crippen LogP contribution in [0.1, 0.15) is 46.5 Å². The lowest BCUT2D eigenvalue weighted by molar-refractivity contribution is -0.115. The number of fused-ring (bicyclic) bond motifs is 1. The average Bonchev–Trinajstić information content (AvgIpc) is 3.27. The average molecular weight is 413 g/mol. The van der Waals surface area contributed by atoms with Gasteiger partial charge in [-0.15, -0.1) is 0 Å². The lowest BCUT2D eigenvalue weighted by Crippen LogP contribution is -2.39. The molecule has 8 heteroatoms. The Kier molecular flexibility index (Phi) is 5.56. The molecule has 0 aliphatic carbocycles. The monoisotopic (exact) mass is 412 g/mol. The maximum absolute atomic E-state index is 12.4. The molecule has 2 aliphatic heterocycles. The van der Waals surface area contributed by atoms with Crippen LogP contribution < -0.4 is 20.7 Å². The molecule has 3 heterocycles. The Hall–Kier alpha value is -2.87. The van der Waals surface area contributed by atoms with Crippen molar-refractivity contribution in [2.75, 3.05) is 42.2 Å². The van der Waals surface area contributed by atoms with E-state index in [0.717, 1.165) is 38.0 Å². The Bertz CT molecular complexity index is 981. The Morgan fingerprint density at radius 1 is 1.27 bits per heavy atom. The van der Waals surface area contributed by atoms with Crippen molar-refractivity contribution < 1.29 is 12.3 Å². The summed E-state index contributed by atoms with van der Waals surface area (Å²) >= 11 is 0. The molecule has 0 unspecified atom stereocenters. The van der Waals surface area contributed by atoms with E-state index in [9.17, 15) is 4.79 Å². The third kappa shape index (κ3) is 4.81. The summed E-state index contributed by atoms with van der Waals surface area (Å²) < 4.78 is 23.5. The summed E-state index contributed by atoms with van der Waals surface area (Å²) in [4.78, 5) is 24.6. The van der Waals surface area contributed by atoms with Crippen LogP contribution in [-0.2, 0) is 17.8 Å². The first-order valence-corrected chi connectivity index (χ1v) is 10.6. The van der Waals surface area contributed by atoms with Gasteiger partial charge in [-0.3, -0.25) is 9.69 Å². The summed E-state index contributed by atoms with van der Waals surface area (Å²) in [6, 6.07) is 7.55. The van der Waals surface area contributed by atoms with E-state index < -0.39 is 6.50 Å². The summed E-state index contributed by atoms with van der Waals surface area (Å²) in [5.74, 6) is -0.0961. The van der Waals surface area contributed by atoms with Gasteiger partial charge in [0.25, 0.3) is 0 Å². The predicted molar refractivity (Wildman–Crippen MR) is 117 cm³/mol. The molecule has 0 radical (unpaired) electrons. The second kappa shape index (κ2) is 9.30. The Balaban J connectivity index is 1.66. The molecule has 2 aliphatic rings. The van der Waals surface area contributed by atoms with Gasteiger partial charge < -0.3 is 20.7 Å². The molecule has 8 nitrogen and oxygen atoms in total. The van der Waals surface area contributed by atoms with Gasteiger partial charge >= 0.3 is 6.01 Å². The number of aromatic nitrogens is 2. The van der Waals surface area contributed by atoms with Gasteiger partial charge in [0, 0.05) is 13.0 Å².